The highest BCUT2D eigenvalue weighted by Crippen LogP contribution is 2.26. The van der Waals surface area contributed by atoms with Gasteiger partial charge in [-0.25, -0.2) is 15.4 Å². The van der Waals surface area contributed by atoms with Crippen molar-refractivity contribution in [3.63, 3.8) is 0 Å². The summed E-state index contributed by atoms with van der Waals surface area (Å²) in [6.07, 6.45) is 6.21. The number of pyridine rings is 1. The van der Waals surface area contributed by atoms with E-state index in [0.717, 1.165) is 17.8 Å². The molecule has 0 radical (unpaired) electrons. The molecule has 8 heteroatoms. The predicted octanol–water partition coefficient (Wildman–Crippen LogP) is 1.20. The third kappa shape index (κ3) is 2.51. The minimum atomic E-state index is -0.545. The quantitative estimate of drug-likeness (QED) is 0.418. The fraction of sp³-hybridized carbons (Fsp3) is 0.214. The van der Waals surface area contributed by atoms with Crippen molar-refractivity contribution in [2.45, 2.75) is 13.3 Å². The molecular weight excluding hydrogens is 284 g/mol. The second-order valence-corrected chi connectivity index (χ2v) is 4.75. The molecule has 114 valence electrons. The number of imidazole rings is 2. The summed E-state index contributed by atoms with van der Waals surface area (Å²) in [6, 6.07) is 4.01. The molecule has 0 spiro atoms. The molecule has 22 heavy (non-hydrogen) atoms. The van der Waals surface area contributed by atoms with Crippen molar-refractivity contribution in [2.24, 2.45) is 0 Å². The van der Waals surface area contributed by atoms with Crippen LogP contribution < -0.4 is 10.8 Å². The third-order valence-corrected chi connectivity index (χ3v) is 3.36. The number of aromatic nitrogens is 4. The maximum Gasteiger partial charge on any atom is 0.262 e. The summed E-state index contributed by atoms with van der Waals surface area (Å²) in [5, 5.41) is 11.5. The van der Waals surface area contributed by atoms with Crippen molar-refractivity contribution in [1.82, 2.24) is 24.8 Å². The number of carbonyl (C=O) groups excluding carboxylic acids is 1. The number of carbonyl (C=O) groups is 1. The van der Waals surface area contributed by atoms with Gasteiger partial charge in [-0.05, 0) is 24.1 Å². The van der Waals surface area contributed by atoms with Crippen LogP contribution in [-0.4, -0.2) is 37.0 Å². The van der Waals surface area contributed by atoms with E-state index in [0.29, 0.717) is 11.6 Å². The lowest BCUT2D eigenvalue weighted by atomic mass is 10.2. The molecule has 0 bridgehead atoms. The van der Waals surface area contributed by atoms with Gasteiger partial charge in [-0.2, -0.15) is 0 Å². The molecule has 4 N–H and O–H groups in total. The average molecular weight is 300 g/mol. The van der Waals surface area contributed by atoms with E-state index >= 15 is 0 Å². The van der Waals surface area contributed by atoms with Gasteiger partial charge in [-0.1, -0.05) is 6.92 Å². The average Bonchev–Trinajstić information content (AvgIpc) is 3.18. The van der Waals surface area contributed by atoms with Crippen LogP contribution in [0.2, 0.25) is 0 Å². The first kappa shape index (κ1) is 14.1. The normalized spacial score (nSPS) is 10.8. The van der Waals surface area contributed by atoms with Gasteiger partial charge in [0.25, 0.3) is 5.91 Å². The lowest BCUT2D eigenvalue weighted by Gasteiger charge is -2.04. The molecule has 0 saturated carbocycles. The molecule has 3 rings (SSSR count). The molecule has 0 aliphatic rings. The molecule has 3 aromatic rings. The molecule has 3 aromatic heterocycles. The number of anilines is 1. The van der Waals surface area contributed by atoms with E-state index in [4.69, 9.17) is 5.21 Å². The van der Waals surface area contributed by atoms with Crippen molar-refractivity contribution < 1.29 is 10.0 Å². The van der Waals surface area contributed by atoms with E-state index in [1.54, 1.807) is 17.9 Å². The summed E-state index contributed by atoms with van der Waals surface area (Å²) in [5.41, 5.74) is 4.24. The highest BCUT2D eigenvalue weighted by molar-refractivity contribution is 5.81. The second kappa shape index (κ2) is 5.86. The number of nitrogens with zero attached hydrogens (tertiary/aromatic N) is 3. The van der Waals surface area contributed by atoms with Crippen molar-refractivity contribution in [1.29, 1.82) is 0 Å². The van der Waals surface area contributed by atoms with E-state index in [-0.39, 0.29) is 6.54 Å². The summed E-state index contributed by atoms with van der Waals surface area (Å²) >= 11 is 0. The van der Waals surface area contributed by atoms with E-state index in [1.165, 1.54) is 5.56 Å². The number of aromatic amines is 1. The second-order valence-electron chi connectivity index (χ2n) is 4.75. The number of hydrogen-bond donors (Lipinski definition) is 4. The Labute approximate surface area is 126 Å². The Morgan fingerprint density at radius 3 is 3.05 bits per heavy atom. The fourth-order valence-corrected chi connectivity index (χ4v) is 2.25. The summed E-state index contributed by atoms with van der Waals surface area (Å²) in [7, 11) is 0. The number of hydrogen-bond acceptors (Lipinski definition) is 5. The third-order valence-electron chi connectivity index (χ3n) is 3.36. The van der Waals surface area contributed by atoms with Crippen molar-refractivity contribution in [2.75, 3.05) is 11.9 Å². The van der Waals surface area contributed by atoms with E-state index in [1.807, 2.05) is 22.7 Å². The Balaban J connectivity index is 2.08. The smallest absolute Gasteiger partial charge is 0.262 e. The van der Waals surface area contributed by atoms with Gasteiger partial charge < -0.3 is 10.3 Å². The number of amides is 1. The van der Waals surface area contributed by atoms with Gasteiger partial charge in [0.15, 0.2) is 11.6 Å². The van der Waals surface area contributed by atoms with Crippen LogP contribution in [0.1, 0.15) is 12.5 Å². The summed E-state index contributed by atoms with van der Waals surface area (Å²) in [4.78, 5) is 23.0. The topological polar surface area (TPSA) is 107 Å². The number of aryl methyl sites for hydroxylation is 1. The summed E-state index contributed by atoms with van der Waals surface area (Å²) < 4.78 is 1.90. The van der Waals surface area contributed by atoms with E-state index in [2.05, 4.69) is 27.2 Å². The van der Waals surface area contributed by atoms with Crippen molar-refractivity contribution in [3.05, 3.63) is 36.3 Å². The van der Waals surface area contributed by atoms with Crippen LogP contribution in [0.4, 0.5) is 5.82 Å². The number of rotatable bonds is 5. The molecule has 1 amide bonds. The van der Waals surface area contributed by atoms with Crippen LogP contribution >= 0.6 is 0 Å². The highest BCUT2D eigenvalue weighted by Gasteiger charge is 2.16. The van der Waals surface area contributed by atoms with Gasteiger partial charge in [0, 0.05) is 18.6 Å². The Morgan fingerprint density at radius 2 is 2.36 bits per heavy atom. The first-order valence-corrected chi connectivity index (χ1v) is 6.90. The van der Waals surface area contributed by atoms with Crippen LogP contribution in [0, 0.1) is 0 Å². The minimum absolute atomic E-state index is 0.0886. The van der Waals surface area contributed by atoms with Crippen molar-refractivity contribution in [3.8, 4) is 11.5 Å². The van der Waals surface area contributed by atoms with Gasteiger partial charge in [0.2, 0.25) is 0 Å². The van der Waals surface area contributed by atoms with Gasteiger partial charge >= 0.3 is 0 Å². The van der Waals surface area contributed by atoms with Crippen molar-refractivity contribution >= 4 is 17.4 Å². The zero-order valence-electron chi connectivity index (χ0n) is 12.0. The predicted molar refractivity (Wildman–Crippen MR) is 80.6 cm³/mol. The summed E-state index contributed by atoms with van der Waals surface area (Å²) in [5.74, 6) is 0.618. The summed E-state index contributed by atoms with van der Waals surface area (Å²) in [6.45, 7) is 1.99. The molecule has 0 aromatic carbocycles. The Hall–Kier alpha value is -2.87. The number of fused-ring (bicyclic) bond motifs is 1. The van der Waals surface area contributed by atoms with Gasteiger partial charge in [-0.15, -0.1) is 0 Å². The molecule has 0 aliphatic heterocycles. The lowest BCUT2D eigenvalue weighted by Crippen LogP contribution is -2.26. The molecule has 0 atom stereocenters. The molecule has 0 aliphatic carbocycles. The Morgan fingerprint density at radius 1 is 1.50 bits per heavy atom. The van der Waals surface area contributed by atoms with Gasteiger partial charge in [0.05, 0.1) is 6.54 Å². The van der Waals surface area contributed by atoms with E-state index in [9.17, 15) is 4.79 Å². The first-order valence-electron chi connectivity index (χ1n) is 6.90. The van der Waals surface area contributed by atoms with Crippen LogP contribution in [0.25, 0.3) is 17.2 Å². The zero-order chi connectivity index (χ0) is 15.5. The monoisotopic (exact) mass is 300 g/mol. The SMILES string of the molecule is CCc1ccn2c(-c3ncc[nH]3)c(NCC(=O)NO)nc2c1. The molecule has 8 nitrogen and oxygen atoms in total. The first-order chi connectivity index (χ1) is 10.7. The highest BCUT2D eigenvalue weighted by atomic mass is 16.5. The Kier molecular flexibility index (Phi) is 3.75. The number of hydroxylamine groups is 1. The van der Waals surface area contributed by atoms with Crippen LogP contribution in [0.15, 0.2) is 30.7 Å². The molecule has 3 heterocycles. The lowest BCUT2D eigenvalue weighted by molar-refractivity contribution is -0.127. The van der Waals surface area contributed by atoms with Gasteiger partial charge in [-0.3, -0.25) is 14.4 Å². The van der Waals surface area contributed by atoms with Gasteiger partial charge in [0.1, 0.15) is 11.3 Å². The Bertz CT molecular complexity index is 793. The number of nitrogens with one attached hydrogen (secondary N) is 3. The molecule has 0 saturated heterocycles. The van der Waals surface area contributed by atoms with Crippen LogP contribution in [0.3, 0.4) is 0 Å². The fourth-order valence-electron chi connectivity index (χ4n) is 2.25. The van der Waals surface area contributed by atoms with Crippen LogP contribution in [0.5, 0.6) is 0 Å². The maximum atomic E-state index is 11.2. The molecule has 0 unspecified atom stereocenters. The maximum absolute atomic E-state index is 11.2. The molecular formula is C14H16N6O2. The standard InChI is InChI=1S/C14H16N6O2/c1-2-9-3-6-20-10(7-9)18-14(17-8-11(21)19-22)12(20)13-15-4-5-16-13/h3-7,17,22H,2,8H2,1H3,(H,15,16)(H,19,21). The van der Waals surface area contributed by atoms with E-state index < -0.39 is 5.91 Å². The minimum Gasteiger partial charge on any atom is -0.359 e. The van der Waals surface area contributed by atoms with Crippen LogP contribution in [-0.2, 0) is 11.2 Å². The largest absolute Gasteiger partial charge is 0.359 e. The molecule has 0 fully saturated rings. The zero-order valence-corrected chi connectivity index (χ0v) is 12.0. The number of H-pyrrole nitrogens is 1.